The second-order valence-corrected chi connectivity index (χ2v) is 5.64. The van der Waals surface area contributed by atoms with Crippen molar-refractivity contribution in [2.45, 2.75) is 11.7 Å². The Morgan fingerprint density at radius 1 is 1.32 bits per heavy atom. The van der Waals surface area contributed by atoms with Gasteiger partial charge in [-0.2, -0.15) is 0 Å². The maximum absolute atomic E-state index is 12.1. The molecule has 104 valence electrons. The van der Waals surface area contributed by atoms with Gasteiger partial charge in [-0.3, -0.25) is 9.59 Å². The number of amides is 2. The van der Waals surface area contributed by atoms with E-state index in [4.69, 9.17) is 17.3 Å². The Balaban J connectivity index is 0.00000180. The quantitative estimate of drug-likeness (QED) is 0.698. The van der Waals surface area contributed by atoms with Gasteiger partial charge in [0.05, 0.1) is 10.9 Å². The molecule has 1 aromatic rings. The number of thioether (sulfide) groups is 1. The number of carbonyl (C=O) groups excluding carboxylic acids is 2. The van der Waals surface area contributed by atoms with Crippen LogP contribution in [0.4, 0.5) is 5.69 Å². The highest BCUT2D eigenvalue weighted by Crippen LogP contribution is 2.29. The number of hydrogen-bond donors (Lipinski definition) is 1. The van der Waals surface area contributed by atoms with Crippen LogP contribution in [0.15, 0.2) is 24.3 Å². The Morgan fingerprint density at radius 3 is 2.53 bits per heavy atom. The van der Waals surface area contributed by atoms with Crippen molar-refractivity contribution in [1.29, 1.82) is 0 Å². The van der Waals surface area contributed by atoms with Crippen molar-refractivity contribution in [1.82, 2.24) is 0 Å². The molecule has 4 nitrogen and oxygen atoms in total. The third-order valence-electron chi connectivity index (χ3n) is 2.63. The van der Waals surface area contributed by atoms with Gasteiger partial charge in [0.2, 0.25) is 11.8 Å². The number of imide groups is 1. The summed E-state index contributed by atoms with van der Waals surface area (Å²) in [6, 6.07) is 6.68. The molecule has 0 aromatic heterocycles. The highest BCUT2D eigenvalue weighted by molar-refractivity contribution is 8.00. The van der Waals surface area contributed by atoms with E-state index in [2.05, 4.69) is 0 Å². The molecule has 0 spiro atoms. The van der Waals surface area contributed by atoms with E-state index in [9.17, 15) is 9.59 Å². The lowest BCUT2D eigenvalue weighted by Crippen LogP contribution is -3.00. The van der Waals surface area contributed by atoms with E-state index < -0.39 is 0 Å². The van der Waals surface area contributed by atoms with Crippen molar-refractivity contribution in [3.8, 4) is 0 Å². The van der Waals surface area contributed by atoms with Gasteiger partial charge in [-0.25, -0.2) is 4.90 Å². The van der Waals surface area contributed by atoms with E-state index in [1.807, 2.05) is 0 Å². The fraction of sp³-hybridized carbons (Fsp3) is 0.333. The zero-order valence-electron chi connectivity index (χ0n) is 10.0. The smallest absolute Gasteiger partial charge is 0.247 e. The van der Waals surface area contributed by atoms with E-state index in [0.29, 0.717) is 23.0 Å². The Kier molecular flexibility index (Phi) is 6.13. The summed E-state index contributed by atoms with van der Waals surface area (Å²) in [7, 11) is 0. The van der Waals surface area contributed by atoms with Gasteiger partial charge in [0.15, 0.2) is 0 Å². The van der Waals surface area contributed by atoms with Crippen molar-refractivity contribution in [3.05, 3.63) is 29.3 Å². The van der Waals surface area contributed by atoms with Crippen LogP contribution in [0.1, 0.15) is 6.42 Å². The highest BCUT2D eigenvalue weighted by atomic mass is 35.5. The second kappa shape index (κ2) is 7.14. The standard InChI is InChI=1S/C12H13ClN2O2S.ClH/c13-8-1-3-9(4-2-8)15-11(16)7-10(12(15)17)18-6-5-14;/h1-4,10H,5-7,14H2;1H/p-1. The predicted octanol–water partition coefficient (Wildman–Crippen LogP) is -1.33. The van der Waals surface area contributed by atoms with Crippen LogP contribution in [-0.4, -0.2) is 29.4 Å². The first-order valence-electron chi connectivity index (χ1n) is 5.57. The van der Waals surface area contributed by atoms with E-state index >= 15 is 0 Å². The molecule has 2 rings (SSSR count). The van der Waals surface area contributed by atoms with Gasteiger partial charge in [-0.1, -0.05) is 11.6 Å². The first kappa shape index (κ1) is 16.3. The molecular formula is C12H13Cl2N2O2S-. The highest BCUT2D eigenvalue weighted by Gasteiger charge is 2.39. The Morgan fingerprint density at radius 2 is 1.95 bits per heavy atom. The molecule has 19 heavy (non-hydrogen) atoms. The van der Waals surface area contributed by atoms with Crippen molar-refractivity contribution in [3.63, 3.8) is 0 Å². The van der Waals surface area contributed by atoms with Crippen LogP contribution >= 0.6 is 23.4 Å². The number of rotatable bonds is 4. The summed E-state index contributed by atoms with van der Waals surface area (Å²) in [4.78, 5) is 25.2. The number of anilines is 1. The molecule has 0 radical (unpaired) electrons. The number of benzene rings is 1. The maximum atomic E-state index is 12.1. The number of nitrogens with two attached hydrogens (primary N) is 1. The molecule has 1 fully saturated rings. The third-order valence-corrected chi connectivity index (χ3v) is 4.12. The van der Waals surface area contributed by atoms with Crippen molar-refractivity contribution < 1.29 is 22.0 Å². The average Bonchev–Trinajstić information content (AvgIpc) is 2.63. The molecule has 0 bridgehead atoms. The third kappa shape index (κ3) is 3.63. The largest absolute Gasteiger partial charge is 1.00 e. The van der Waals surface area contributed by atoms with Crippen LogP contribution in [0.2, 0.25) is 5.02 Å². The van der Waals surface area contributed by atoms with Crippen LogP contribution in [0, 0.1) is 0 Å². The van der Waals surface area contributed by atoms with Crippen LogP contribution in [0.25, 0.3) is 0 Å². The Bertz CT molecular complexity index is 467. The molecule has 1 unspecified atom stereocenters. The van der Waals surface area contributed by atoms with Gasteiger partial charge < -0.3 is 18.1 Å². The number of hydrogen-bond acceptors (Lipinski definition) is 4. The normalized spacial score (nSPS) is 18.6. The summed E-state index contributed by atoms with van der Waals surface area (Å²) in [6.07, 6.45) is 0.242. The molecule has 1 heterocycles. The number of halogens is 2. The monoisotopic (exact) mass is 319 g/mol. The van der Waals surface area contributed by atoms with Gasteiger partial charge >= 0.3 is 0 Å². The summed E-state index contributed by atoms with van der Waals surface area (Å²) in [5, 5.41) is 0.267. The molecule has 1 saturated heterocycles. The van der Waals surface area contributed by atoms with Gasteiger partial charge in [0.1, 0.15) is 0 Å². The fourth-order valence-corrected chi connectivity index (χ4v) is 2.86. The lowest BCUT2D eigenvalue weighted by Gasteiger charge is -2.14. The molecule has 1 aliphatic rings. The molecule has 1 atom stereocenters. The van der Waals surface area contributed by atoms with Crippen LogP contribution in [0.5, 0.6) is 0 Å². The summed E-state index contributed by atoms with van der Waals surface area (Å²) >= 11 is 7.22. The summed E-state index contributed by atoms with van der Waals surface area (Å²) < 4.78 is 0. The first-order chi connectivity index (χ1) is 8.63. The molecule has 0 aliphatic carbocycles. The van der Waals surface area contributed by atoms with Crippen LogP contribution in [-0.2, 0) is 9.59 Å². The summed E-state index contributed by atoms with van der Waals surface area (Å²) in [5.74, 6) is 0.343. The van der Waals surface area contributed by atoms with Gasteiger partial charge in [-0.05, 0) is 24.3 Å². The van der Waals surface area contributed by atoms with Gasteiger partial charge in [-0.15, -0.1) is 11.8 Å². The minimum Gasteiger partial charge on any atom is -1.00 e. The Hall–Kier alpha value is -0.750. The molecule has 7 heteroatoms. The van der Waals surface area contributed by atoms with Crippen LogP contribution < -0.4 is 23.0 Å². The fourth-order valence-electron chi connectivity index (χ4n) is 1.81. The van der Waals surface area contributed by atoms with Crippen LogP contribution in [0.3, 0.4) is 0 Å². The zero-order valence-corrected chi connectivity index (χ0v) is 12.3. The molecule has 2 N–H and O–H groups in total. The van der Waals surface area contributed by atoms with Crippen molar-refractivity contribution in [2.24, 2.45) is 5.73 Å². The van der Waals surface area contributed by atoms with Crippen molar-refractivity contribution in [2.75, 3.05) is 17.2 Å². The first-order valence-corrected chi connectivity index (χ1v) is 7.00. The predicted molar refractivity (Wildman–Crippen MR) is 73.9 cm³/mol. The summed E-state index contributed by atoms with van der Waals surface area (Å²) in [6.45, 7) is 0.504. The number of nitrogens with zero attached hydrogens (tertiary/aromatic N) is 1. The van der Waals surface area contributed by atoms with E-state index in [0.717, 1.165) is 0 Å². The Labute approximate surface area is 127 Å². The maximum Gasteiger partial charge on any atom is 0.247 e. The lowest BCUT2D eigenvalue weighted by molar-refractivity contribution is -0.121. The molecular weight excluding hydrogens is 307 g/mol. The molecule has 1 aliphatic heterocycles. The second-order valence-electron chi connectivity index (χ2n) is 3.90. The lowest BCUT2D eigenvalue weighted by atomic mass is 10.3. The minimum absolute atomic E-state index is 0. The van der Waals surface area contributed by atoms with Gasteiger partial charge in [0.25, 0.3) is 0 Å². The van der Waals surface area contributed by atoms with Gasteiger partial charge in [0, 0.05) is 23.7 Å². The zero-order chi connectivity index (χ0) is 13.1. The van der Waals surface area contributed by atoms with E-state index in [1.54, 1.807) is 24.3 Å². The van der Waals surface area contributed by atoms with E-state index in [-0.39, 0.29) is 35.9 Å². The number of carbonyl (C=O) groups is 2. The van der Waals surface area contributed by atoms with E-state index in [1.165, 1.54) is 16.7 Å². The van der Waals surface area contributed by atoms with Crippen molar-refractivity contribution >= 4 is 40.9 Å². The minimum atomic E-state index is -0.309. The molecule has 1 aromatic carbocycles. The topological polar surface area (TPSA) is 63.4 Å². The molecule has 0 saturated carbocycles. The average molecular weight is 320 g/mol. The summed E-state index contributed by atoms with van der Waals surface area (Å²) in [5.41, 5.74) is 5.98. The molecule has 2 amide bonds. The SMILES string of the molecule is NCCSC1CC(=O)N(c2ccc(Cl)cc2)C1=O.[Cl-].